The second-order valence-corrected chi connectivity index (χ2v) is 19.3. The lowest BCUT2D eigenvalue weighted by atomic mass is 9.74. The van der Waals surface area contributed by atoms with Crippen molar-refractivity contribution in [1.29, 1.82) is 0 Å². The molecule has 1 atom stereocenters. The Hall–Kier alpha value is -6.41. The van der Waals surface area contributed by atoms with E-state index in [2.05, 4.69) is 96.2 Å². The van der Waals surface area contributed by atoms with Gasteiger partial charge in [-0.15, -0.1) is 0 Å². The molecule has 3 aliphatic rings. The standard InChI is InChI=1S/C50H58N10O4/c1-31-27-35(9-16-40(31)32(2)52-46(62)45-54-47(64-57-45)49(3,4)5)43-41-28-36(29-51-44(41)56-55-43)34-7-10-37(11-8-34)50(6)20-25-58(26-21-50)30-33-17-22-59(23-18-33)38-12-14-39(15-13-38)60-24-19-42(61)53-48(60)63/h7-16,27-29,32-33H,17-26,30H2,1-6H3,(H,52,62)(H,51,55,56)(H,53,61,63). The molecule has 0 radical (unpaired) electrons. The van der Waals surface area contributed by atoms with Crippen LogP contribution in [0.5, 0.6) is 0 Å². The molecule has 3 aliphatic heterocycles. The van der Waals surface area contributed by atoms with Gasteiger partial charge >= 0.3 is 6.03 Å². The third kappa shape index (κ3) is 8.88. The molecule has 3 aromatic heterocycles. The highest BCUT2D eigenvalue weighted by atomic mass is 16.5. The number of hydrogen-bond donors (Lipinski definition) is 3. The zero-order valence-electron chi connectivity index (χ0n) is 37.7. The summed E-state index contributed by atoms with van der Waals surface area (Å²) in [6.45, 7) is 18.1. The number of nitrogens with zero attached hydrogens (tertiary/aromatic N) is 7. The number of hydrogen-bond acceptors (Lipinski definition) is 10. The Kier molecular flexibility index (Phi) is 11.6. The SMILES string of the molecule is Cc1cc(-c2n[nH]c3ncc(-c4ccc(C5(C)CCN(CC6CCN(c7ccc(N8CCC(=O)NC8=O)cc7)CC6)CC5)cc4)cc23)ccc1C(C)NC(=O)c1noc(C(C)(C)C)n1. The summed E-state index contributed by atoms with van der Waals surface area (Å²) in [4.78, 5) is 52.6. The first-order chi connectivity index (χ1) is 30.7. The smallest absolute Gasteiger partial charge is 0.328 e. The van der Waals surface area contributed by atoms with Crippen LogP contribution in [-0.2, 0) is 15.6 Å². The molecule has 0 saturated carbocycles. The molecule has 3 N–H and O–H groups in total. The van der Waals surface area contributed by atoms with Crippen LogP contribution in [0.1, 0.15) is 106 Å². The molecule has 14 nitrogen and oxygen atoms in total. The minimum atomic E-state index is -0.380. The number of benzene rings is 3. The van der Waals surface area contributed by atoms with Crippen LogP contribution in [0.4, 0.5) is 16.2 Å². The van der Waals surface area contributed by atoms with Gasteiger partial charge < -0.3 is 19.6 Å². The number of aromatic amines is 1. The van der Waals surface area contributed by atoms with Gasteiger partial charge in [0.2, 0.25) is 11.8 Å². The van der Waals surface area contributed by atoms with Gasteiger partial charge in [-0.05, 0) is 123 Å². The first kappa shape index (κ1) is 42.9. The van der Waals surface area contributed by atoms with Crippen LogP contribution in [0.3, 0.4) is 0 Å². The minimum absolute atomic E-state index is 0.0253. The number of fused-ring (bicyclic) bond motifs is 1. The summed E-state index contributed by atoms with van der Waals surface area (Å²) in [6, 6.07) is 25.0. The van der Waals surface area contributed by atoms with Crippen molar-refractivity contribution in [3.8, 4) is 22.4 Å². The van der Waals surface area contributed by atoms with E-state index in [0.29, 0.717) is 24.8 Å². The van der Waals surface area contributed by atoms with E-state index in [4.69, 9.17) is 9.51 Å². The Morgan fingerprint density at radius 2 is 1.61 bits per heavy atom. The number of aryl methyl sites for hydroxylation is 1. The maximum absolute atomic E-state index is 13.0. The highest BCUT2D eigenvalue weighted by Gasteiger charge is 2.33. The van der Waals surface area contributed by atoms with E-state index >= 15 is 0 Å². The summed E-state index contributed by atoms with van der Waals surface area (Å²) >= 11 is 0. The zero-order valence-corrected chi connectivity index (χ0v) is 37.7. The van der Waals surface area contributed by atoms with Crippen molar-refractivity contribution in [3.05, 3.63) is 107 Å². The number of imide groups is 1. The molecule has 332 valence electrons. The van der Waals surface area contributed by atoms with Crippen molar-refractivity contribution < 1.29 is 18.9 Å². The number of rotatable bonds is 10. The lowest BCUT2D eigenvalue weighted by Crippen LogP contribution is -2.49. The van der Waals surface area contributed by atoms with Crippen molar-refractivity contribution in [2.24, 2.45) is 5.92 Å². The predicted molar refractivity (Wildman–Crippen MR) is 248 cm³/mol. The second-order valence-electron chi connectivity index (χ2n) is 19.3. The number of likely N-dealkylation sites (tertiary alicyclic amines) is 1. The fourth-order valence-electron chi connectivity index (χ4n) is 9.53. The quantitative estimate of drug-likeness (QED) is 0.122. The molecular formula is C50H58N10O4. The van der Waals surface area contributed by atoms with Crippen molar-refractivity contribution in [2.45, 2.75) is 90.5 Å². The normalized spacial score (nSPS) is 18.0. The number of amides is 4. The van der Waals surface area contributed by atoms with Crippen LogP contribution in [0.15, 0.2) is 83.5 Å². The van der Waals surface area contributed by atoms with Crippen LogP contribution < -0.4 is 20.4 Å². The number of carbonyl (C=O) groups excluding carboxylic acids is 3. The third-order valence-electron chi connectivity index (χ3n) is 13.6. The van der Waals surface area contributed by atoms with Crippen molar-refractivity contribution in [1.82, 2.24) is 40.9 Å². The first-order valence-corrected chi connectivity index (χ1v) is 22.6. The van der Waals surface area contributed by atoms with Gasteiger partial charge in [0.15, 0.2) is 5.65 Å². The highest BCUT2D eigenvalue weighted by molar-refractivity contribution is 6.05. The molecule has 0 bridgehead atoms. The summed E-state index contributed by atoms with van der Waals surface area (Å²) in [5.41, 5.74) is 9.86. The Morgan fingerprint density at radius 3 is 2.28 bits per heavy atom. The van der Waals surface area contributed by atoms with Gasteiger partial charge in [0, 0.05) is 72.1 Å². The van der Waals surface area contributed by atoms with E-state index < -0.39 is 0 Å². The number of urea groups is 1. The van der Waals surface area contributed by atoms with Gasteiger partial charge in [0.25, 0.3) is 11.7 Å². The number of H-pyrrole nitrogens is 1. The summed E-state index contributed by atoms with van der Waals surface area (Å²) in [6.07, 6.45) is 6.84. The van der Waals surface area contributed by atoms with Gasteiger partial charge in [-0.2, -0.15) is 10.1 Å². The van der Waals surface area contributed by atoms with Crippen LogP contribution in [0.2, 0.25) is 0 Å². The van der Waals surface area contributed by atoms with Crippen molar-refractivity contribution in [3.63, 3.8) is 0 Å². The highest BCUT2D eigenvalue weighted by Crippen LogP contribution is 2.38. The van der Waals surface area contributed by atoms with Gasteiger partial charge in [-0.3, -0.25) is 24.9 Å². The van der Waals surface area contributed by atoms with E-state index in [9.17, 15) is 14.4 Å². The molecule has 6 heterocycles. The van der Waals surface area contributed by atoms with Crippen molar-refractivity contribution >= 4 is 40.3 Å². The maximum Gasteiger partial charge on any atom is 0.328 e. The first-order valence-electron chi connectivity index (χ1n) is 22.6. The Labute approximate surface area is 374 Å². The summed E-state index contributed by atoms with van der Waals surface area (Å²) in [7, 11) is 0. The molecule has 9 rings (SSSR count). The average molecular weight is 863 g/mol. The fourth-order valence-corrected chi connectivity index (χ4v) is 9.53. The monoisotopic (exact) mass is 862 g/mol. The molecule has 14 heteroatoms. The molecule has 0 spiro atoms. The molecule has 3 saturated heterocycles. The number of piperidine rings is 2. The molecular weight excluding hydrogens is 805 g/mol. The maximum atomic E-state index is 13.0. The van der Waals surface area contributed by atoms with Crippen LogP contribution in [0, 0.1) is 12.8 Å². The Morgan fingerprint density at radius 1 is 0.906 bits per heavy atom. The molecule has 4 amide bonds. The molecule has 6 aromatic rings. The zero-order chi connectivity index (χ0) is 44.8. The van der Waals surface area contributed by atoms with Crippen LogP contribution >= 0.6 is 0 Å². The van der Waals surface area contributed by atoms with Gasteiger partial charge in [-0.25, -0.2) is 9.78 Å². The second kappa shape index (κ2) is 17.3. The lowest BCUT2D eigenvalue weighted by molar-refractivity contribution is -0.120. The Bertz CT molecular complexity index is 2670. The molecule has 3 aromatic carbocycles. The molecule has 64 heavy (non-hydrogen) atoms. The average Bonchev–Trinajstić information content (AvgIpc) is 3.97. The van der Waals surface area contributed by atoms with Crippen LogP contribution in [0.25, 0.3) is 33.4 Å². The molecule has 3 fully saturated rings. The van der Waals surface area contributed by atoms with Crippen molar-refractivity contribution in [2.75, 3.05) is 49.1 Å². The topological polar surface area (TPSA) is 165 Å². The predicted octanol–water partition coefficient (Wildman–Crippen LogP) is 8.49. The number of anilines is 2. The summed E-state index contributed by atoms with van der Waals surface area (Å²) in [5.74, 6) is 0.538. The van der Waals surface area contributed by atoms with E-state index in [1.807, 2.05) is 65.1 Å². The van der Waals surface area contributed by atoms with Gasteiger partial charge in [0.1, 0.15) is 5.69 Å². The van der Waals surface area contributed by atoms with E-state index in [1.54, 1.807) is 4.90 Å². The number of carbonyl (C=O) groups is 3. The Balaban J connectivity index is 0.782. The van der Waals surface area contributed by atoms with E-state index in [1.165, 1.54) is 24.1 Å². The van der Waals surface area contributed by atoms with Crippen LogP contribution in [-0.4, -0.2) is 87.3 Å². The van der Waals surface area contributed by atoms with Gasteiger partial charge in [-0.1, -0.05) is 69.2 Å². The largest absolute Gasteiger partial charge is 0.372 e. The summed E-state index contributed by atoms with van der Waals surface area (Å²) in [5, 5.41) is 18.1. The summed E-state index contributed by atoms with van der Waals surface area (Å²) < 4.78 is 5.32. The lowest BCUT2D eigenvalue weighted by Gasteiger charge is -2.42. The third-order valence-corrected chi connectivity index (χ3v) is 13.6. The molecule has 1 unspecified atom stereocenters. The molecule has 0 aliphatic carbocycles. The number of nitrogens with one attached hydrogen (secondary N) is 3. The number of pyridine rings is 1. The van der Waals surface area contributed by atoms with E-state index in [-0.39, 0.29) is 40.5 Å². The fraction of sp³-hybridized carbons (Fsp3) is 0.420. The minimum Gasteiger partial charge on any atom is -0.372 e. The van der Waals surface area contributed by atoms with E-state index in [0.717, 1.165) is 95.8 Å². The number of aromatic nitrogens is 5. The van der Waals surface area contributed by atoms with Gasteiger partial charge in [0.05, 0.1) is 6.04 Å².